The third-order valence-electron chi connectivity index (χ3n) is 2.98. The zero-order valence-electron chi connectivity index (χ0n) is 13.3. The number of benzene rings is 1. The van der Waals surface area contributed by atoms with E-state index in [2.05, 4.69) is 15.6 Å². The van der Waals surface area contributed by atoms with Gasteiger partial charge in [-0.3, -0.25) is 15.0 Å². The highest BCUT2D eigenvalue weighted by molar-refractivity contribution is 8.14. The van der Waals surface area contributed by atoms with Crippen molar-refractivity contribution in [1.29, 1.82) is 5.41 Å². The summed E-state index contributed by atoms with van der Waals surface area (Å²) in [6, 6.07) is 9.08. The van der Waals surface area contributed by atoms with Gasteiger partial charge in [0.2, 0.25) is 11.8 Å². The minimum absolute atomic E-state index is 0.0151. The number of carbonyl (C=O) groups is 2. The summed E-state index contributed by atoms with van der Waals surface area (Å²) in [5, 5.41) is 13.8. The van der Waals surface area contributed by atoms with Crippen molar-refractivity contribution in [1.82, 2.24) is 10.6 Å². The monoisotopic (exact) mass is 332 g/mol. The molecular formula is C16H20N4O2S. The zero-order chi connectivity index (χ0) is 17.0. The van der Waals surface area contributed by atoms with Crippen LogP contribution in [0.3, 0.4) is 0 Å². The lowest BCUT2D eigenvalue weighted by Crippen LogP contribution is -2.43. The second-order valence-electron chi connectivity index (χ2n) is 6.22. The molecule has 1 aromatic carbocycles. The third kappa shape index (κ3) is 4.92. The number of hydrogen-bond donors (Lipinski definition) is 3. The summed E-state index contributed by atoms with van der Waals surface area (Å²) in [5.41, 5.74) is 0.425. The summed E-state index contributed by atoms with van der Waals surface area (Å²) in [4.78, 5) is 28.1. The molecule has 0 bridgehead atoms. The molecule has 1 atom stereocenters. The Kier molecular flexibility index (Phi) is 5.20. The van der Waals surface area contributed by atoms with Crippen LogP contribution in [0.2, 0.25) is 0 Å². The van der Waals surface area contributed by atoms with E-state index in [4.69, 9.17) is 5.41 Å². The maximum absolute atomic E-state index is 12.2. The maximum Gasteiger partial charge on any atom is 0.241 e. The summed E-state index contributed by atoms with van der Waals surface area (Å²) in [7, 11) is 0. The summed E-state index contributed by atoms with van der Waals surface area (Å²) >= 11 is 1.12. The molecule has 2 amide bonds. The number of aliphatic imine (C=N–C) groups is 1. The number of rotatable bonds is 3. The Labute approximate surface area is 139 Å². The van der Waals surface area contributed by atoms with Crippen LogP contribution in [0, 0.1) is 5.41 Å². The van der Waals surface area contributed by atoms with E-state index in [-0.39, 0.29) is 34.1 Å². The molecule has 0 spiro atoms. The number of hydrogen-bond acceptors (Lipinski definition) is 4. The van der Waals surface area contributed by atoms with E-state index >= 15 is 0 Å². The molecule has 1 unspecified atom stereocenters. The molecule has 122 valence electrons. The predicted molar refractivity (Wildman–Crippen MR) is 92.8 cm³/mol. The first-order valence-corrected chi connectivity index (χ1v) is 8.21. The SMILES string of the molecule is CC(C)(C)NC(=O)CSC1=NC(=N)C(c2ccccc2)C(=O)N1. The number of nitrogens with one attached hydrogen (secondary N) is 3. The standard InChI is InChI=1S/C16H20N4O2S/c1-16(2,3)20-11(21)9-23-15-18-13(17)12(14(22)19-15)10-7-5-4-6-8-10/h4-8,12H,9H2,1-3H3,(H,20,21)(H2,17,18,19,22). The second-order valence-corrected chi connectivity index (χ2v) is 7.19. The number of amidine groups is 2. The molecule has 0 radical (unpaired) electrons. The van der Waals surface area contributed by atoms with Gasteiger partial charge in [-0.15, -0.1) is 0 Å². The van der Waals surface area contributed by atoms with Crippen LogP contribution in [0.15, 0.2) is 35.3 Å². The fourth-order valence-corrected chi connectivity index (χ4v) is 2.79. The normalized spacial score (nSPS) is 18.2. The number of nitrogens with zero attached hydrogens (tertiary/aromatic N) is 1. The second kappa shape index (κ2) is 6.95. The van der Waals surface area contributed by atoms with E-state index in [1.54, 1.807) is 12.1 Å². The van der Waals surface area contributed by atoms with Gasteiger partial charge in [-0.1, -0.05) is 42.1 Å². The highest BCUT2D eigenvalue weighted by Crippen LogP contribution is 2.22. The Bertz CT molecular complexity index is 650. The number of amides is 2. The zero-order valence-corrected chi connectivity index (χ0v) is 14.2. The number of carbonyl (C=O) groups excluding carboxylic acids is 2. The summed E-state index contributed by atoms with van der Waals surface area (Å²) in [5.74, 6) is -1.02. The van der Waals surface area contributed by atoms with Crippen LogP contribution in [0.5, 0.6) is 0 Å². The van der Waals surface area contributed by atoms with Crippen molar-refractivity contribution in [2.75, 3.05) is 5.75 Å². The fourth-order valence-electron chi connectivity index (χ4n) is 2.11. The van der Waals surface area contributed by atoms with Crippen molar-refractivity contribution in [3.05, 3.63) is 35.9 Å². The lowest BCUT2D eigenvalue weighted by Gasteiger charge is -2.23. The van der Waals surface area contributed by atoms with E-state index in [0.29, 0.717) is 0 Å². The molecule has 23 heavy (non-hydrogen) atoms. The smallest absolute Gasteiger partial charge is 0.241 e. The molecule has 6 nitrogen and oxygen atoms in total. The highest BCUT2D eigenvalue weighted by atomic mass is 32.2. The van der Waals surface area contributed by atoms with E-state index in [9.17, 15) is 9.59 Å². The molecule has 0 saturated carbocycles. The minimum Gasteiger partial charge on any atom is -0.351 e. The van der Waals surface area contributed by atoms with E-state index in [0.717, 1.165) is 17.3 Å². The first-order valence-electron chi connectivity index (χ1n) is 7.23. The van der Waals surface area contributed by atoms with Gasteiger partial charge < -0.3 is 10.6 Å². The molecule has 1 aliphatic heterocycles. The molecule has 3 N–H and O–H groups in total. The van der Waals surface area contributed by atoms with Crippen LogP contribution < -0.4 is 10.6 Å². The molecular weight excluding hydrogens is 312 g/mol. The van der Waals surface area contributed by atoms with Crippen molar-refractivity contribution < 1.29 is 9.59 Å². The molecule has 0 aliphatic carbocycles. The van der Waals surface area contributed by atoms with Crippen molar-refractivity contribution in [3.63, 3.8) is 0 Å². The van der Waals surface area contributed by atoms with Gasteiger partial charge >= 0.3 is 0 Å². The van der Waals surface area contributed by atoms with Gasteiger partial charge in [0, 0.05) is 5.54 Å². The van der Waals surface area contributed by atoms with Gasteiger partial charge in [0.05, 0.1) is 5.75 Å². The molecule has 0 saturated heterocycles. The van der Waals surface area contributed by atoms with Gasteiger partial charge in [-0.25, -0.2) is 4.99 Å². The lowest BCUT2D eigenvalue weighted by atomic mass is 9.96. The molecule has 2 rings (SSSR count). The molecule has 0 fully saturated rings. The van der Waals surface area contributed by atoms with Gasteiger partial charge in [0.15, 0.2) is 5.17 Å². The van der Waals surface area contributed by atoms with Crippen molar-refractivity contribution in [2.24, 2.45) is 4.99 Å². The lowest BCUT2D eigenvalue weighted by molar-refractivity contribution is -0.120. The highest BCUT2D eigenvalue weighted by Gasteiger charge is 2.30. The Hall–Kier alpha value is -2.15. The molecule has 7 heteroatoms. The van der Waals surface area contributed by atoms with Crippen molar-refractivity contribution >= 4 is 34.6 Å². The Morgan fingerprint density at radius 3 is 2.57 bits per heavy atom. The first-order chi connectivity index (χ1) is 10.8. The number of thioether (sulfide) groups is 1. The van der Waals surface area contributed by atoms with Gasteiger partial charge in [0.25, 0.3) is 0 Å². The van der Waals surface area contributed by atoms with Crippen molar-refractivity contribution in [3.8, 4) is 0 Å². The predicted octanol–water partition coefficient (Wildman–Crippen LogP) is 1.88. The maximum atomic E-state index is 12.2. The molecule has 0 aromatic heterocycles. The van der Waals surface area contributed by atoms with Crippen LogP contribution in [-0.4, -0.2) is 34.1 Å². The quantitative estimate of drug-likeness (QED) is 0.789. The van der Waals surface area contributed by atoms with Crippen LogP contribution in [0.1, 0.15) is 32.3 Å². The average Bonchev–Trinajstić information content (AvgIpc) is 2.44. The molecule has 1 heterocycles. The van der Waals surface area contributed by atoms with Crippen LogP contribution in [-0.2, 0) is 9.59 Å². The van der Waals surface area contributed by atoms with E-state index < -0.39 is 5.92 Å². The van der Waals surface area contributed by atoms with Crippen LogP contribution in [0.25, 0.3) is 0 Å². The topological polar surface area (TPSA) is 94.4 Å². The fraction of sp³-hybridized carbons (Fsp3) is 0.375. The summed E-state index contributed by atoms with van der Waals surface area (Å²) < 4.78 is 0. The summed E-state index contributed by atoms with van der Waals surface area (Å²) in [6.07, 6.45) is 0. The molecule has 1 aromatic rings. The minimum atomic E-state index is -0.705. The first kappa shape index (κ1) is 17.2. The van der Waals surface area contributed by atoms with Crippen LogP contribution >= 0.6 is 11.8 Å². The van der Waals surface area contributed by atoms with E-state index in [1.165, 1.54) is 0 Å². The summed E-state index contributed by atoms with van der Waals surface area (Å²) in [6.45, 7) is 5.70. The van der Waals surface area contributed by atoms with Gasteiger partial charge in [-0.2, -0.15) is 0 Å². The van der Waals surface area contributed by atoms with Gasteiger partial charge in [0.1, 0.15) is 11.8 Å². The van der Waals surface area contributed by atoms with E-state index in [1.807, 2.05) is 39.0 Å². The van der Waals surface area contributed by atoms with Crippen LogP contribution in [0.4, 0.5) is 0 Å². The van der Waals surface area contributed by atoms with Crippen molar-refractivity contribution in [2.45, 2.75) is 32.2 Å². The Morgan fingerprint density at radius 2 is 2.00 bits per heavy atom. The molecule has 1 aliphatic rings. The average molecular weight is 332 g/mol. The third-order valence-corrected chi connectivity index (χ3v) is 3.85. The Balaban J connectivity index is 2.00. The largest absolute Gasteiger partial charge is 0.351 e. The van der Waals surface area contributed by atoms with Gasteiger partial charge in [-0.05, 0) is 26.3 Å². The Morgan fingerprint density at radius 1 is 1.35 bits per heavy atom.